The highest BCUT2D eigenvalue weighted by Crippen LogP contribution is 2.40. The zero-order chi connectivity index (χ0) is 16.4. The predicted molar refractivity (Wildman–Crippen MR) is 85.9 cm³/mol. The van der Waals surface area contributed by atoms with Crippen molar-refractivity contribution in [2.24, 2.45) is 0 Å². The predicted octanol–water partition coefficient (Wildman–Crippen LogP) is 2.28. The van der Waals surface area contributed by atoms with Crippen LogP contribution in [0.1, 0.15) is 39.2 Å². The number of methoxy groups -OCH3 is 1. The van der Waals surface area contributed by atoms with Gasteiger partial charge in [-0.1, -0.05) is 18.2 Å². The third kappa shape index (κ3) is 3.56. The van der Waals surface area contributed by atoms with Crippen molar-refractivity contribution in [1.29, 1.82) is 0 Å². The molecule has 1 aliphatic heterocycles. The van der Waals surface area contributed by atoms with Gasteiger partial charge in [0.2, 0.25) is 0 Å². The minimum absolute atomic E-state index is 0.117. The summed E-state index contributed by atoms with van der Waals surface area (Å²) in [7, 11) is 1.36. The lowest BCUT2D eigenvalue weighted by Gasteiger charge is -2.40. The van der Waals surface area contributed by atoms with Gasteiger partial charge < -0.3 is 14.0 Å². The molecular weight excluding hydrogens is 302 g/mol. The molecule has 0 spiro atoms. The fraction of sp³-hybridized carbons (Fsp3) is 0.562. The van der Waals surface area contributed by atoms with E-state index >= 15 is 0 Å². The lowest BCUT2D eigenvalue weighted by molar-refractivity contribution is -0.142. The van der Waals surface area contributed by atoms with Gasteiger partial charge in [0.1, 0.15) is 16.0 Å². The Morgan fingerprint density at radius 1 is 1.45 bits per heavy atom. The number of carbonyl (C=O) groups excluding carboxylic acids is 1. The number of ether oxygens (including phenoxy) is 2. The molecule has 0 radical (unpaired) electrons. The lowest BCUT2D eigenvalue weighted by atomic mass is 9.82. The van der Waals surface area contributed by atoms with Crippen molar-refractivity contribution in [3.63, 3.8) is 0 Å². The van der Waals surface area contributed by atoms with Crippen molar-refractivity contribution in [3.8, 4) is 5.75 Å². The summed E-state index contributed by atoms with van der Waals surface area (Å²) >= 11 is -1.31. The quantitative estimate of drug-likeness (QED) is 0.679. The summed E-state index contributed by atoms with van der Waals surface area (Å²) in [6.45, 7) is 6.15. The van der Waals surface area contributed by atoms with Crippen molar-refractivity contribution in [2.75, 3.05) is 13.7 Å². The van der Waals surface area contributed by atoms with E-state index in [2.05, 4.69) is 4.72 Å². The highest BCUT2D eigenvalue weighted by Gasteiger charge is 2.45. The maximum Gasteiger partial charge on any atom is 0.307 e. The van der Waals surface area contributed by atoms with E-state index in [1.807, 2.05) is 45.0 Å². The van der Waals surface area contributed by atoms with E-state index in [0.29, 0.717) is 13.0 Å². The van der Waals surface area contributed by atoms with Crippen LogP contribution in [0.15, 0.2) is 24.3 Å². The fourth-order valence-electron chi connectivity index (χ4n) is 2.43. The van der Waals surface area contributed by atoms with Crippen LogP contribution in [-0.2, 0) is 26.4 Å². The molecular formula is C16H23NO4S. The summed E-state index contributed by atoms with van der Waals surface area (Å²) in [4.78, 5) is 11.9. The summed E-state index contributed by atoms with van der Waals surface area (Å²) in [5.74, 6) is 0.381. The first-order chi connectivity index (χ1) is 10.3. The number of esters is 1. The van der Waals surface area contributed by atoms with E-state index in [0.717, 1.165) is 11.3 Å². The summed E-state index contributed by atoms with van der Waals surface area (Å²) in [5.41, 5.74) is 0.115. The van der Waals surface area contributed by atoms with E-state index < -0.39 is 21.6 Å². The summed E-state index contributed by atoms with van der Waals surface area (Å²) in [5, 5.41) is 0. The Morgan fingerprint density at radius 2 is 2.14 bits per heavy atom. The van der Waals surface area contributed by atoms with Crippen LogP contribution >= 0.6 is 0 Å². The molecule has 0 fully saturated rings. The first-order valence-electron chi connectivity index (χ1n) is 7.27. The monoisotopic (exact) mass is 325 g/mol. The molecule has 0 aromatic heterocycles. The van der Waals surface area contributed by atoms with Gasteiger partial charge >= 0.3 is 5.97 Å². The van der Waals surface area contributed by atoms with E-state index in [4.69, 9.17) is 9.47 Å². The van der Waals surface area contributed by atoms with Gasteiger partial charge in [0.05, 0.1) is 20.1 Å². The number of rotatable bonds is 4. The Labute approximate surface area is 134 Å². The molecule has 6 heteroatoms. The van der Waals surface area contributed by atoms with Crippen LogP contribution in [-0.4, -0.2) is 29.0 Å². The van der Waals surface area contributed by atoms with Crippen LogP contribution in [0.25, 0.3) is 0 Å². The van der Waals surface area contributed by atoms with Crippen LogP contribution in [0, 0.1) is 0 Å². The SMILES string of the molecule is COC(=O)CC1(N[S@@+]([O-])C(C)(C)C)CCOc2ccccc21. The summed E-state index contributed by atoms with van der Waals surface area (Å²) in [6.07, 6.45) is 0.673. The van der Waals surface area contributed by atoms with E-state index in [-0.39, 0.29) is 12.4 Å². The first kappa shape index (κ1) is 17.1. The smallest absolute Gasteiger partial charge is 0.307 e. The van der Waals surface area contributed by atoms with Crippen LogP contribution < -0.4 is 9.46 Å². The molecule has 1 N–H and O–H groups in total. The van der Waals surface area contributed by atoms with Gasteiger partial charge in [0, 0.05) is 23.3 Å². The van der Waals surface area contributed by atoms with Crippen LogP contribution in [0.3, 0.4) is 0 Å². The third-order valence-corrected chi connectivity index (χ3v) is 5.40. The molecule has 0 bridgehead atoms. The fourth-order valence-corrected chi connectivity index (χ4v) is 3.38. The maximum absolute atomic E-state index is 12.6. The molecule has 0 aliphatic carbocycles. The molecule has 1 aromatic rings. The average Bonchev–Trinajstić information content (AvgIpc) is 2.46. The number of nitrogens with one attached hydrogen (secondary N) is 1. The van der Waals surface area contributed by atoms with E-state index in [1.165, 1.54) is 7.11 Å². The molecule has 1 unspecified atom stereocenters. The largest absolute Gasteiger partial charge is 0.598 e. The van der Waals surface area contributed by atoms with Crippen LogP contribution in [0.4, 0.5) is 0 Å². The Balaban J connectivity index is 2.41. The zero-order valence-electron chi connectivity index (χ0n) is 13.5. The van der Waals surface area contributed by atoms with Gasteiger partial charge in [-0.2, -0.15) is 0 Å². The average molecular weight is 325 g/mol. The normalized spacial score (nSPS) is 22.4. The zero-order valence-corrected chi connectivity index (χ0v) is 14.3. The number of carbonyl (C=O) groups is 1. The minimum atomic E-state index is -1.31. The van der Waals surface area contributed by atoms with Crippen molar-refractivity contribution >= 4 is 17.3 Å². The molecule has 22 heavy (non-hydrogen) atoms. The van der Waals surface area contributed by atoms with Gasteiger partial charge in [-0.15, -0.1) is 4.72 Å². The standard InChI is InChI=1S/C16H23NO4S/c1-15(2,3)22(19)17-16(11-14(18)20-4)9-10-21-13-8-6-5-7-12(13)16/h5-8,17H,9-11H2,1-4H3/t16?,22-/m0/s1. The Hall–Kier alpha value is -1.24. The second-order valence-corrected chi connectivity index (χ2v) is 8.38. The van der Waals surface area contributed by atoms with Crippen molar-refractivity contribution < 1.29 is 18.8 Å². The molecule has 0 amide bonds. The van der Waals surface area contributed by atoms with Gasteiger partial charge in [-0.3, -0.25) is 4.79 Å². The molecule has 5 nitrogen and oxygen atoms in total. The van der Waals surface area contributed by atoms with Crippen molar-refractivity contribution in [3.05, 3.63) is 29.8 Å². The van der Waals surface area contributed by atoms with Crippen LogP contribution in [0.5, 0.6) is 5.75 Å². The molecule has 1 aromatic carbocycles. The second-order valence-electron chi connectivity index (χ2n) is 6.41. The number of hydrogen-bond acceptors (Lipinski definition) is 5. The number of hydrogen-bond donors (Lipinski definition) is 1. The van der Waals surface area contributed by atoms with Gasteiger partial charge in [-0.05, 0) is 26.8 Å². The molecule has 0 saturated carbocycles. The Morgan fingerprint density at radius 3 is 2.77 bits per heavy atom. The number of benzene rings is 1. The van der Waals surface area contributed by atoms with Gasteiger partial charge in [0.15, 0.2) is 0 Å². The molecule has 2 rings (SSSR count). The first-order valence-corrected chi connectivity index (χ1v) is 8.42. The molecule has 2 atom stereocenters. The topological polar surface area (TPSA) is 70.6 Å². The third-order valence-electron chi connectivity index (χ3n) is 3.71. The molecule has 1 aliphatic rings. The number of para-hydroxylation sites is 1. The highest BCUT2D eigenvalue weighted by atomic mass is 32.2. The lowest BCUT2D eigenvalue weighted by Crippen LogP contribution is -2.54. The Bertz CT molecular complexity index is 543. The van der Waals surface area contributed by atoms with Crippen LogP contribution in [0.2, 0.25) is 0 Å². The van der Waals surface area contributed by atoms with E-state index in [1.54, 1.807) is 0 Å². The molecule has 1 heterocycles. The second kappa shape index (κ2) is 6.48. The highest BCUT2D eigenvalue weighted by molar-refractivity contribution is 7.90. The Kier molecular flexibility index (Phi) is 5.04. The molecule has 0 saturated heterocycles. The summed E-state index contributed by atoms with van der Waals surface area (Å²) in [6, 6.07) is 7.54. The maximum atomic E-state index is 12.6. The minimum Gasteiger partial charge on any atom is -0.598 e. The summed E-state index contributed by atoms with van der Waals surface area (Å²) < 4.78 is 25.9. The van der Waals surface area contributed by atoms with Gasteiger partial charge in [0.25, 0.3) is 0 Å². The molecule has 122 valence electrons. The van der Waals surface area contributed by atoms with E-state index in [9.17, 15) is 9.35 Å². The number of fused-ring (bicyclic) bond motifs is 1. The van der Waals surface area contributed by atoms with Crippen molar-refractivity contribution in [2.45, 2.75) is 43.9 Å². The van der Waals surface area contributed by atoms with Gasteiger partial charge in [-0.25, -0.2) is 0 Å². The van der Waals surface area contributed by atoms with Crippen molar-refractivity contribution in [1.82, 2.24) is 4.72 Å².